The summed E-state index contributed by atoms with van der Waals surface area (Å²) in [4.78, 5) is 48.8. The van der Waals surface area contributed by atoms with Crippen LogP contribution in [0.25, 0.3) is 10.9 Å². The van der Waals surface area contributed by atoms with E-state index in [1.54, 1.807) is 42.6 Å². The fourth-order valence-electron chi connectivity index (χ4n) is 3.64. The number of ketones is 1. The first-order valence-corrected chi connectivity index (χ1v) is 11.9. The van der Waals surface area contributed by atoms with E-state index in [-0.39, 0.29) is 29.3 Å². The minimum atomic E-state index is -1.08. The number of para-hydroxylation sites is 1. The summed E-state index contributed by atoms with van der Waals surface area (Å²) in [5.41, 5.74) is 1.80. The molecule has 0 aliphatic heterocycles. The fourth-order valence-corrected chi connectivity index (χ4v) is 4.79. The van der Waals surface area contributed by atoms with Gasteiger partial charge < -0.3 is 10.4 Å². The first-order valence-electron chi connectivity index (χ1n) is 10.2. The van der Waals surface area contributed by atoms with Gasteiger partial charge in [-0.2, -0.15) is 0 Å². The van der Waals surface area contributed by atoms with Crippen LogP contribution < -0.4 is 5.32 Å². The lowest BCUT2D eigenvalue weighted by atomic mass is 10.0. The molecule has 1 unspecified atom stereocenters. The van der Waals surface area contributed by atoms with Crippen molar-refractivity contribution >= 4 is 61.5 Å². The quantitative estimate of drug-likeness (QED) is 0.401. The number of carbonyl (C=O) groups excluding carboxylic acids is 3. The second-order valence-corrected chi connectivity index (χ2v) is 9.97. The number of benzene rings is 2. The average molecular weight is 531 g/mol. The number of fused-ring (bicyclic) bond motifs is 1. The summed E-state index contributed by atoms with van der Waals surface area (Å²) in [6, 6.07) is 13.6. The Hall–Kier alpha value is -2.91. The molecule has 0 aliphatic carbocycles. The molecule has 2 atom stereocenters. The molecule has 2 N–H and O–H groups in total. The van der Waals surface area contributed by atoms with E-state index in [1.807, 2.05) is 19.1 Å². The van der Waals surface area contributed by atoms with Crippen LogP contribution in [0.2, 0.25) is 0 Å². The Balaban J connectivity index is 1.69. The maximum Gasteiger partial charge on any atom is 0.416 e. The van der Waals surface area contributed by atoms with E-state index in [1.165, 1.54) is 6.92 Å². The average Bonchev–Trinajstić information content (AvgIpc) is 3.11. The fraction of sp³-hybridized carbons (Fsp3) is 0.250. The number of hydrogen-bond acceptors (Lipinski definition) is 5. The van der Waals surface area contributed by atoms with Gasteiger partial charge in [0.2, 0.25) is 5.91 Å². The van der Waals surface area contributed by atoms with Crippen molar-refractivity contribution in [1.29, 1.82) is 0 Å². The summed E-state index contributed by atoms with van der Waals surface area (Å²) in [6.07, 6.45) is 0.754. The molecular formula is C24H23BrN2O5S. The monoisotopic (exact) mass is 530 g/mol. The second-order valence-electron chi connectivity index (χ2n) is 7.67. The molecule has 7 nitrogen and oxygen atoms in total. The highest BCUT2D eigenvalue weighted by atomic mass is 79.9. The zero-order valence-corrected chi connectivity index (χ0v) is 20.5. The number of thioether (sulfide) groups is 1. The van der Waals surface area contributed by atoms with Crippen molar-refractivity contribution in [3.8, 4) is 0 Å². The molecule has 9 heteroatoms. The van der Waals surface area contributed by atoms with E-state index >= 15 is 0 Å². The van der Waals surface area contributed by atoms with Crippen molar-refractivity contribution in [2.45, 2.75) is 38.0 Å². The molecule has 2 aromatic carbocycles. The third-order valence-electron chi connectivity index (χ3n) is 5.03. The van der Waals surface area contributed by atoms with Crippen molar-refractivity contribution in [3.63, 3.8) is 0 Å². The molecule has 0 radical (unpaired) electrons. The van der Waals surface area contributed by atoms with Gasteiger partial charge in [0.15, 0.2) is 10.9 Å². The zero-order chi connectivity index (χ0) is 24.1. The van der Waals surface area contributed by atoms with Gasteiger partial charge in [0.05, 0.1) is 10.8 Å². The largest absolute Gasteiger partial charge is 0.464 e. The maximum atomic E-state index is 12.9. The Bertz CT molecular complexity index is 1210. The lowest BCUT2D eigenvalue weighted by molar-refractivity contribution is -0.121. The van der Waals surface area contributed by atoms with Crippen LogP contribution in [0.15, 0.2) is 59.2 Å². The van der Waals surface area contributed by atoms with Gasteiger partial charge in [0.1, 0.15) is 0 Å². The van der Waals surface area contributed by atoms with Crippen molar-refractivity contribution < 1.29 is 24.3 Å². The van der Waals surface area contributed by atoms with Crippen molar-refractivity contribution in [1.82, 2.24) is 9.88 Å². The van der Waals surface area contributed by atoms with Crippen LogP contribution in [-0.2, 0) is 16.0 Å². The topological polar surface area (TPSA) is 105 Å². The Morgan fingerprint density at radius 1 is 1.09 bits per heavy atom. The van der Waals surface area contributed by atoms with E-state index in [4.69, 9.17) is 0 Å². The summed E-state index contributed by atoms with van der Waals surface area (Å²) in [5, 5.41) is 12.0. The summed E-state index contributed by atoms with van der Waals surface area (Å²) in [5.74, 6) is -0.635. The van der Waals surface area contributed by atoms with E-state index in [2.05, 4.69) is 21.2 Å². The van der Waals surface area contributed by atoms with Gasteiger partial charge >= 0.3 is 6.09 Å². The van der Waals surface area contributed by atoms with E-state index in [0.717, 1.165) is 31.8 Å². The molecule has 0 spiro atoms. The Morgan fingerprint density at radius 3 is 2.39 bits per heavy atom. The van der Waals surface area contributed by atoms with Crippen LogP contribution in [0.5, 0.6) is 0 Å². The third kappa shape index (κ3) is 6.33. The molecule has 3 aromatic rings. The molecule has 172 valence electrons. The molecule has 0 saturated carbocycles. The van der Waals surface area contributed by atoms with Crippen molar-refractivity contribution in [2.24, 2.45) is 0 Å². The lowest BCUT2D eigenvalue weighted by Gasteiger charge is -2.17. The summed E-state index contributed by atoms with van der Waals surface area (Å²) >= 11 is 4.17. The van der Waals surface area contributed by atoms with Gasteiger partial charge in [0.25, 0.3) is 0 Å². The highest BCUT2D eigenvalue weighted by Crippen LogP contribution is 2.24. The van der Waals surface area contributed by atoms with Gasteiger partial charge in [-0.3, -0.25) is 19.0 Å². The van der Waals surface area contributed by atoms with Crippen LogP contribution in [0.3, 0.4) is 0 Å². The number of halogens is 1. The molecule has 1 heterocycles. The predicted molar refractivity (Wildman–Crippen MR) is 132 cm³/mol. The maximum absolute atomic E-state index is 12.9. The van der Waals surface area contributed by atoms with Crippen molar-refractivity contribution in [2.75, 3.05) is 0 Å². The minimum Gasteiger partial charge on any atom is -0.464 e. The summed E-state index contributed by atoms with van der Waals surface area (Å²) < 4.78 is 1.99. The van der Waals surface area contributed by atoms with E-state index in [0.29, 0.717) is 17.5 Å². The SMILES string of the molecule is CC(=O)SC(CC(=O)N[C@H](C)Cc1cn(C(=O)O)c2ccccc12)C(=O)c1ccc(Br)cc1. The lowest BCUT2D eigenvalue weighted by Crippen LogP contribution is -2.37. The molecule has 1 aromatic heterocycles. The standard InChI is InChI=1S/C24H23BrN2O5S/c1-14(11-17-13-27(24(31)32)20-6-4-3-5-19(17)20)26-22(29)12-21(33-15(2)28)23(30)16-7-9-18(25)10-8-16/h3-10,13-14,21H,11-12H2,1-2H3,(H,26,29)(H,31,32)/t14-,21?/m1/s1. The number of hydrogen-bond donors (Lipinski definition) is 2. The highest BCUT2D eigenvalue weighted by molar-refractivity contribution is 9.10. The first kappa shape index (κ1) is 24.7. The van der Waals surface area contributed by atoms with Gasteiger partial charge in [-0.1, -0.05) is 58.0 Å². The third-order valence-corrected chi connectivity index (χ3v) is 6.56. The smallest absolute Gasteiger partial charge is 0.416 e. The summed E-state index contributed by atoms with van der Waals surface area (Å²) in [7, 11) is 0. The number of aromatic nitrogens is 1. The molecular weight excluding hydrogens is 508 g/mol. The molecule has 1 amide bonds. The number of carbonyl (C=O) groups is 4. The number of nitrogens with one attached hydrogen (secondary N) is 1. The van der Waals surface area contributed by atoms with Gasteiger partial charge in [-0.25, -0.2) is 4.79 Å². The normalized spacial score (nSPS) is 12.8. The number of amides is 1. The molecule has 0 bridgehead atoms. The van der Waals surface area contributed by atoms with Crippen LogP contribution in [-0.4, -0.2) is 43.9 Å². The highest BCUT2D eigenvalue weighted by Gasteiger charge is 2.26. The number of Topliss-reactive ketones (excluding diaryl/α,β-unsaturated/α-hetero) is 1. The van der Waals surface area contributed by atoms with Gasteiger partial charge in [-0.15, -0.1) is 0 Å². The first-order chi connectivity index (χ1) is 15.7. The number of rotatable bonds is 8. The van der Waals surface area contributed by atoms with Crippen LogP contribution >= 0.6 is 27.7 Å². The molecule has 0 saturated heterocycles. The minimum absolute atomic E-state index is 0.139. The number of carboxylic acid groups (broad SMARTS) is 1. The van der Waals surface area contributed by atoms with Crippen LogP contribution in [0.1, 0.15) is 36.2 Å². The Labute approximate surface area is 203 Å². The van der Waals surface area contributed by atoms with Crippen LogP contribution in [0, 0.1) is 0 Å². The Morgan fingerprint density at radius 2 is 1.76 bits per heavy atom. The molecule has 3 rings (SSSR count). The van der Waals surface area contributed by atoms with Gasteiger partial charge in [-0.05, 0) is 37.1 Å². The van der Waals surface area contributed by atoms with E-state index < -0.39 is 11.3 Å². The van der Waals surface area contributed by atoms with Crippen molar-refractivity contribution in [3.05, 3.63) is 70.3 Å². The van der Waals surface area contributed by atoms with Crippen LogP contribution in [0.4, 0.5) is 4.79 Å². The summed E-state index contributed by atoms with van der Waals surface area (Å²) in [6.45, 7) is 3.18. The van der Waals surface area contributed by atoms with E-state index in [9.17, 15) is 24.3 Å². The van der Waals surface area contributed by atoms with Gasteiger partial charge in [0, 0.05) is 41.0 Å². The molecule has 0 aliphatic rings. The predicted octanol–water partition coefficient (Wildman–Crippen LogP) is 4.90. The second kappa shape index (κ2) is 10.8. The Kier molecular flexibility index (Phi) is 8.10. The molecule has 33 heavy (non-hydrogen) atoms. The zero-order valence-electron chi connectivity index (χ0n) is 18.1. The molecule has 0 fully saturated rings. The number of nitrogens with zero attached hydrogens (tertiary/aromatic N) is 1.